The van der Waals surface area contributed by atoms with E-state index in [2.05, 4.69) is 20.9 Å². The van der Waals surface area contributed by atoms with Gasteiger partial charge in [0.1, 0.15) is 0 Å². The monoisotopic (exact) mass is 268 g/mol. The van der Waals surface area contributed by atoms with Gasteiger partial charge in [-0.15, -0.1) is 0 Å². The summed E-state index contributed by atoms with van der Waals surface area (Å²) < 4.78 is 0. The summed E-state index contributed by atoms with van der Waals surface area (Å²) in [5.41, 5.74) is 0. The lowest BCUT2D eigenvalue weighted by Gasteiger charge is -2.28. The molecule has 6 heteroatoms. The Morgan fingerprint density at radius 3 is 2.84 bits per heavy atom. The number of hydrogen-bond donors (Lipinski definition) is 3. The van der Waals surface area contributed by atoms with Crippen molar-refractivity contribution in [1.82, 2.24) is 20.9 Å². The van der Waals surface area contributed by atoms with Crippen LogP contribution in [-0.2, 0) is 4.79 Å². The first kappa shape index (κ1) is 14.3. The lowest BCUT2D eigenvalue weighted by Crippen LogP contribution is -2.49. The molecule has 0 aromatic carbocycles. The predicted octanol–water partition coefficient (Wildman–Crippen LogP) is 0.0485. The minimum absolute atomic E-state index is 0.212. The summed E-state index contributed by atoms with van der Waals surface area (Å²) >= 11 is 0. The number of nitrogens with one attached hydrogen (secondary N) is 3. The number of imide groups is 1. The Hall–Kier alpha value is -1.14. The fourth-order valence-electron chi connectivity index (χ4n) is 3.10. The molecule has 2 saturated heterocycles. The first-order valence-corrected chi connectivity index (χ1v) is 7.26. The normalized spacial score (nSPS) is 27.4. The van der Waals surface area contributed by atoms with Crippen LogP contribution in [0.1, 0.15) is 32.6 Å². The SMILES string of the molecule is CCNC(=O)NC(=O)CN1CCCC1C1CCCN1. The maximum absolute atomic E-state index is 11.8. The molecule has 2 atom stereocenters. The molecule has 2 heterocycles. The van der Waals surface area contributed by atoms with Crippen LogP contribution >= 0.6 is 0 Å². The number of carbonyl (C=O) groups is 2. The number of hydrogen-bond acceptors (Lipinski definition) is 4. The first-order chi connectivity index (χ1) is 9.20. The lowest BCUT2D eigenvalue weighted by molar-refractivity contribution is -0.121. The quantitative estimate of drug-likeness (QED) is 0.673. The highest BCUT2D eigenvalue weighted by atomic mass is 16.2. The molecule has 0 aromatic heterocycles. The molecule has 2 rings (SSSR count). The van der Waals surface area contributed by atoms with Gasteiger partial charge in [0.25, 0.3) is 0 Å². The van der Waals surface area contributed by atoms with E-state index in [-0.39, 0.29) is 5.91 Å². The van der Waals surface area contributed by atoms with E-state index in [0.717, 1.165) is 25.9 Å². The second kappa shape index (κ2) is 6.86. The molecule has 0 spiro atoms. The van der Waals surface area contributed by atoms with Gasteiger partial charge in [0, 0.05) is 18.6 Å². The predicted molar refractivity (Wildman–Crippen MR) is 72.8 cm³/mol. The number of nitrogens with zero attached hydrogens (tertiary/aromatic N) is 1. The molecule has 2 unspecified atom stereocenters. The van der Waals surface area contributed by atoms with Crippen LogP contribution in [0.15, 0.2) is 0 Å². The maximum Gasteiger partial charge on any atom is 0.321 e. The van der Waals surface area contributed by atoms with Gasteiger partial charge in [-0.25, -0.2) is 4.79 Å². The largest absolute Gasteiger partial charge is 0.338 e. The van der Waals surface area contributed by atoms with Crippen molar-refractivity contribution in [3.63, 3.8) is 0 Å². The third-order valence-corrected chi connectivity index (χ3v) is 3.91. The lowest BCUT2D eigenvalue weighted by atomic mass is 10.0. The third kappa shape index (κ3) is 3.91. The summed E-state index contributed by atoms with van der Waals surface area (Å²) in [4.78, 5) is 25.3. The van der Waals surface area contributed by atoms with Crippen molar-refractivity contribution < 1.29 is 9.59 Å². The molecule has 2 fully saturated rings. The molecule has 0 saturated carbocycles. The van der Waals surface area contributed by atoms with Crippen molar-refractivity contribution in [2.75, 3.05) is 26.2 Å². The van der Waals surface area contributed by atoms with Gasteiger partial charge in [-0.3, -0.25) is 15.0 Å². The summed E-state index contributed by atoms with van der Waals surface area (Å²) in [6.07, 6.45) is 4.70. The molecule has 0 radical (unpaired) electrons. The Kier molecular flexibility index (Phi) is 5.15. The molecular formula is C13H24N4O2. The summed E-state index contributed by atoms with van der Waals surface area (Å²) in [5.74, 6) is -0.212. The minimum atomic E-state index is -0.401. The molecular weight excluding hydrogens is 244 g/mol. The molecule has 6 nitrogen and oxygen atoms in total. The molecule has 19 heavy (non-hydrogen) atoms. The molecule has 2 aliphatic heterocycles. The van der Waals surface area contributed by atoms with Crippen molar-refractivity contribution in [2.24, 2.45) is 0 Å². The fraction of sp³-hybridized carbons (Fsp3) is 0.846. The van der Waals surface area contributed by atoms with Crippen LogP contribution in [0, 0.1) is 0 Å². The number of carbonyl (C=O) groups excluding carboxylic acids is 2. The van der Waals surface area contributed by atoms with Crippen LogP contribution < -0.4 is 16.0 Å². The Morgan fingerprint density at radius 1 is 1.32 bits per heavy atom. The molecule has 3 amide bonds. The average Bonchev–Trinajstić information content (AvgIpc) is 2.98. The standard InChI is InChI=1S/C13H24N4O2/c1-2-14-13(19)16-12(18)9-17-8-4-6-11(17)10-5-3-7-15-10/h10-11,15H,2-9H2,1H3,(H2,14,16,18,19). The van der Waals surface area contributed by atoms with Gasteiger partial charge < -0.3 is 10.6 Å². The first-order valence-electron chi connectivity index (χ1n) is 7.26. The van der Waals surface area contributed by atoms with Crippen molar-refractivity contribution in [3.8, 4) is 0 Å². The summed E-state index contributed by atoms with van der Waals surface area (Å²) in [5, 5.41) is 8.44. The van der Waals surface area contributed by atoms with Crippen molar-refractivity contribution in [3.05, 3.63) is 0 Å². The van der Waals surface area contributed by atoms with Crippen LogP contribution in [0.2, 0.25) is 0 Å². The highest BCUT2D eigenvalue weighted by molar-refractivity contribution is 5.95. The van der Waals surface area contributed by atoms with E-state index in [1.54, 1.807) is 0 Å². The van der Waals surface area contributed by atoms with Gasteiger partial charge in [-0.1, -0.05) is 0 Å². The van der Waals surface area contributed by atoms with Crippen LogP contribution in [0.3, 0.4) is 0 Å². The Labute approximate surface area is 114 Å². The number of likely N-dealkylation sites (tertiary alicyclic amines) is 1. The van der Waals surface area contributed by atoms with E-state index >= 15 is 0 Å². The van der Waals surface area contributed by atoms with Crippen molar-refractivity contribution in [2.45, 2.75) is 44.7 Å². The van der Waals surface area contributed by atoms with Crippen molar-refractivity contribution in [1.29, 1.82) is 0 Å². The Morgan fingerprint density at radius 2 is 2.16 bits per heavy atom. The van der Waals surface area contributed by atoms with Gasteiger partial charge in [0.15, 0.2) is 0 Å². The molecule has 108 valence electrons. The van der Waals surface area contributed by atoms with E-state index in [0.29, 0.717) is 25.2 Å². The second-order valence-corrected chi connectivity index (χ2v) is 5.29. The van der Waals surface area contributed by atoms with Gasteiger partial charge in [0.05, 0.1) is 6.54 Å². The minimum Gasteiger partial charge on any atom is -0.338 e. The van der Waals surface area contributed by atoms with Crippen LogP contribution in [-0.4, -0.2) is 55.1 Å². The highest BCUT2D eigenvalue weighted by Gasteiger charge is 2.34. The molecule has 3 N–H and O–H groups in total. The zero-order valence-corrected chi connectivity index (χ0v) is 11.6. The highest BCUT2D eigenvalue weighted by Crippen LogP contribution is 2.24. The fourth-order valence-corrected chi connectivity index (χ4v) is 3.10. The summed E-state index contributed by atoms with van der Waals surface area (Å²) in [6, 6.07) is 0.560. The van der Waals surface area contributed by atoms with E-state index in [4.69, 9.17) is 0 Å². The van der Waals surface area contributed by atoms with Gasteiger partial charge >= 0.3 is 6.03 Å². The smallest absolute Gasteiger partial charge is 0.321 e. The number of rotatable bonds is 4. The van der Waals surface area contributed by atoms with E-state index in [9.17, 15) is 9.59 Å². The van der Waals surface area contributed by atoms with Gasteiger partial charge in [0.2, 0.25) is 5.91 Å². The molecule has 2 aliphatic rings. The maximum atomic E-state index is 11.8. The molecule has 0 aromatic rings. The van der Waals surface area contributed by atoms with Crippen LogP contribution in [0.4, 0.5) is 4.79 Å². The van der Waals surface area contributed by atoms with E-state index in [1.165, 1.54) is 12.8 Å². The number of urea groups is 1. The van der Waals surface area contributed by atoms with Crippen LogP contribution in [0.5, 0.6) is 0 Å². The topological polar surface area (TPSA) is 73.5 Å². The second-order valence-electron chi connectivity index (χ2n) is 5.29. The van der Waals surface area contributed by atoms with Crippen LogP contribution in [0.25, 0.3) is 0 Å². The zero-order chi connectivity index (χ0) is 13.7. The van der Waals surface area contributed by atoms with Gasteiger partial charge in [-0.05, 0) is 45.7 Å². The Bertz CT molecular complexity index is 329. The average molecular weight is 268 g/mol. The van der Waals surface area contributed by atoms with E-state index < -0.39 is 6.03 Å². The third-order valence-electron chi connectivity index (χ3n) is 3.91. The van der Waals surface area contributed by atoms with Crippen molar-refractivity contribution >= 4 is 11.9 Å². The molecule has 0 bridgehead atoms. The zero-order valence-electron chi connectivity index (χ0n) is 11.6. The summed E-state index contributed by atoms with van der Waals surface area (Å²) in [6.45, 7) is 4.70. The van der Waals surface area contributed by atoms with Gasteiger partial charge in [-0.2, -0.15) is 0 Å². The Balaban J connectivity index is 1.80. The number of amides is 3. The summed E-state index contributed by atoms with van der Waals surface area (Å²) in [7, 11) is 0. The van der Waals surface area contributed by atoms with E-state index in [1.807, 2.05) is 6.92 Å². The molecule has 0 aliphatic carbocycles.